The van der Waals surface area contributed by atoms with E-state index in [1.54, 1.807) is 12.1 Å². The van der Waals surface area contributed by atoms with Gasteiger partial charge in [0.2, 0.25) is 0 Å². The minimum absolute atomic E-state index is 0.148. The molecule has 0 saturated carbocycles. The van der Waals surface area contributed by atoms with Crippen molar-refractivity contribution in [3.05, 3.63) is 69.9 Å². The van der Waals surface area contributed by atoms with Gasteiger partial charge in [-0.15, -0.1) is 0 Å². The molecule has 0 fully saturated rings. The van der Waals surface area contributed by atoms with Gasteiger partial charge in [-0.3, -0.25) is 10.1 Å². The molecule has 0 saturated heterocycles. The number of hydrogen-bond donors (Lipinski definition) is 0. The summed E-state index contributed by atoms with van der Waals surface area (Å²) in [7, 11) is -2.05. The Balaban J connectivity index is 2.00. The number of fused-ring (bicyclic) bond motifs is 1. The molecule has 178 valence electrons. The maximum absolute atomic E-state index is 11.4. The fraction of sp³-hybridized carbons (Fsp3) is 0.481. The van der Waals surface area contributed by atoms with Crippen LogP contribution >= 0.6 is 0 Å². The number of rotatable bonds is 9. The molecule has 0 unspecified atom stereocenters. The summed E-state index contributed by atoms with van der Waals surface area (Å²) in [6, 6.07) is 13.6. The van der Waals surface area contributed by atoms with E-state index in [4.69, 9.17) is 4.43 Å². The van der Waals surface area contributed by atoms with E-state index in [0.717, 1.165) is 11.3 Å². The van der Waals surface area contributed by atoms with Gasteiger partial charge in [0.05, 0.1) is 15.8 Å². The zero-order valence-corrected chi connectivity index (χ0v) is 22.3. The Morgan fingerprint density at radius 1 is 0.939 bits per heavy atom. The maximum atomic E-state index is 11.4. The molecule has 3 aromatic rings. The zero-order chi connectivity index (χ0) is 24.5. The van der Waals surface area contributed by atoms with Crippen molar-refractivity contribution in [1.82, 2.24) is 4.57 Å². The van der Waals surface area contributed by atoms with E-state index in [-0.39, 0.29) is 10.6 Å². The second-order valence-electron chi connectivity index (χ2n) is 10.4. The lowest BCUT2D eigenvalue weighted by molar-refractivity contribution is -0.383. The number of benzene rings is 2. The number of aromatic nitrogens is 1. The van der Waals surface area contributed by atoms with Gasteiger partial charge in [-0.05, 0) is 51.9 Å². The van der Waals surface area contributed by atoms with E-state index in [9.17, 15) is 10.1 Å². The molecule has 2 aromatic carbocycles. The highest BCUT2D eigenvalue weighted by Gasteiger charge is 2.47. The lowest BCUT2D eigenvalue weighted by Crippen LogP contribution is -2.50. The molecule has 6 heteroatoms. The van der Waals surface area contributed by atoms with Crippen molar-refractivity contribution in [2.75, 3.05) is 0 Å². The van der Waals surface area contributed by atoms with Crippen molar-refractivity contribution in [2.24, 2.45) is 0 Å². The van der Waals surface area contributed by atoms with E-state index in [2.05, 4.69) is 78.2 Å². The molecule has 0 aliphatic rings. The van der Waals surface area contributed by atoms with Gasteiger partial charge in [0.1, 0.15) is 5.75 Å². The Morgan fingerprint density at radius 3 is 2.12 bits per heavy atom. The van der Waals surface area contributed by atoms with Crippen molar-refractivity contribution < 1.29 is 9.35 Å². The van der Waals surface area contributed by atoms with Crippen LogP contribution in [-0.2, 0) is 6.54 Å². The Hall–Kier alpha value is -2.60. The van der Waals surface area contributed by atoms with Gasteiger partial charge < -0.3 is 8.99 Å². The minimum atomic E-state index is -2.05. The topological polar surface area (TPSA) is 57.3 Å². The van der Waals surface area contributed by atoms with Crippen molar-refractivity contribution in [3.8, 4) is 5.75 Å². The third-order valence-corrected chi connectivity index (χ3v) is 13.0. The van der Waals surface area contributed by atoms with Crippen LogP contribution in [0.4, 0.5) is 5.69 Å². The van der Waals surface area contributed by atoms with Crippen LogP contribution in [0.2, 0.25) is 16.6 Å². The Kier molecular flexibility index (Phi) is 7.37. The largest absolute Gasteiger partial charge is 0.542 e. The summed E-state index contributed by atoms with van der Waals surface area (Å²) in [6.07, 6.45) is 1.94. The number of nitro benzene ring substituents is 1. The summed E-state index contributed by atoms with van der Waals surface area (Å²) in [5.41, 5.74) is 4.96. The summed E-state index contributed by atoms with van der Waals surface area (Å²) >= 11 is 0. The minimum Gasteiger partial charge on any atom is -0.542 e. The normalized spacial score (nSPS) is 12.5. The standard InChI is InChI=1S/C27H38N2O3Si/c1-18(2)24-16-22(12-13-27(24)32-33(19(3)4,20(5)6)21(7)8)17-28-15-14-23-25(28)10-9-11-26(23)29(30)31/h9-16,18-21H,17H2,1-8H3. The van der Waals surface area contributed by atoms with Crippen molar-refractivity contribution in [3.63, 3.8) is 0 Å². The van der Waals surface area contributed by atoms with Gasteiger partial charge in [-0.25, -0.2) is 0 Å². The first kappa shape index (κ1) is 25.0. The summed E-state index contributed by atoms with van der Waals surface area (Å²) in [4.78, 5) is 11.1. The van der Waals surface area contributed by atoms with E-state index in [1.165, 1.54) is 11.1 Å². The molecule has 1 aromatic heterocycles. The van der Waals surface area contributed by atoms with E-state index < -0.39 is 8.32 Å². The van der Waals surface area contributed by atoms with Crippen molar-refractivity contribution >= 4 is 24.9 Å². The fourth-order valence-corrected chi connectivity index (χ4v) is 10.8. The molecule has 0 aliphatic heterocycles. The van der Waals surface area contributed by atoms with Crippen LogP contribution in [0.5, 0.6) is 5.75 Å². The van der Waals surface area contributed by atoms with Gasteiger partial charge in [0, 0.05) is 18.8 Å². The quantitative estimate of drug-likeness (QED) is 0.181. The molecule has 1 heterocycles. The predicted octanol–water partition coefficient (Wildman–Crippen LogP) is 8.28. The fourth-order valence-electron chi connectivity index (χ4n) is 5.49. The highest BCUT2D eigenvalue weighted by Crippen LogP contribution is 2.44. The Morgan fingerprint density at radius 2 is 1.58 bits per heavy atom. The van der Waals surface area contributed by atoms with Crippen LogP contribution in [0.15, 0.2) is 48.7 Å². The van der Waals surface area contributed by atoms with E-state index >= 15 is 0 Å². The summed E-state index contributed by atoms with van der Waals surface area (Å²) in [5, 5.41) is 12.1. The third kappa shape index (κ3) is 4.72. The van der Waals surface area contributed by atoms with Crippen LogP contribution < -0.4 is 4.43 Å². The molecule has 3 rings (SSSR count). The predicted molar refractivity (Wildman–Crippen MR) is 140 cm³/mol. The number of nitrogens with zero attached hydrogens (tertiary/aromatic N) is 2. The third-order valence-electron chi connectivity index (χ3n) is 7.03. The molecule has 0 atom stereocenters. The molecule has 5 nitrogen and oxygen atoms in total. The van der Waals surface area contributed by atoms with E-state index in [1.807, 2.05) is 18.3 Å². The van der Waals surface area contributed by atoms with Crippen LogP contribution in [-0.4, -0.2) is 17.8 Å². The molecule has 0 radical (unpaired) electrons. The second-order valence-corrected chi connectivity index (χ2v) is 15.7. The summed E-state index contributed by atoms with van der Waals surface area (Å²) in [5.74, 6) is 1.35. The van der Waals surface area contributed by atoms with Crippen LogP contribution in [0.1, 0.15) is 72.4 Å². The SMILES string of the molecule is CC(C)c1cc(Cn2ccc3c([N+](=O)[O-])cccc32)ccc1O[Si](C(C)C)(C(C)C)C(C)C. The number of hydrogen-bond acceptors (Lipinski definition) is 3. The first-order valence-electron chi connectivity index (χ1n) is 12.0. The lowest BCUT2D eigenvalue weighted by atomic mass is 9.99. The van der Waals surface area contributed by atoms with Gasteiger partial charge in [-0.2, -0.15) is 0 Å². The van der Waals surface area contributed by atoms with Gasteiger partial charge in [-0.1, -0.05) is 73.6 Å². The Labute approximate surface area is 199 Å². The molecular weight excluding hydrogens is 428 g/mol. The molecular formula is C27H38N2O3Si. The van der Waals surface area contributed by atoms with Crippen LogP contribution in [0.25, 0.3) is 10.9 Å². The smallest absolute Gasteiger partial charge is 0.278 e. The first-order valence-corrected chi connectivity index (χ1v) is 14.2. The second kappa shape index (κ2) is 9.72. The Bertz CT molecular complexity index is 1110. The van der Waals surface area contributed by atoms with Crippen LogP contribution in [0.3, 0.4) is 0 Å². The molecule has 0 bridgehead atoms. The van der Waals surface area contributed by atoms with Gasteiger partial charge in [0.15, 0.2) is 0 Å². The highest BCUT2D eigenvalue weighted by molar-refractivity contribution is 6.78. The zero-order valence-electron chi connectivity index (χ0n) is 21.3. The summed E-state index contributed by atoms with van der Waals surface area (Å²) in [6.45, 7) is 19.0. The lowest BCUT2D eigenvalue weighted by Gasteiger charge is -2.43. The highest BCUT2D eigenvalue weighted by atomic mass is 28.4. The molecule has 0 aliphatic carbocycles. The molecule has 0 spiro atoms. The molecule has 0 amide bonds. The van der Waals surface area contributed by atoms with Crippen LogP contribution in [0, 0.1) is 10.1 Å². The molecule has 0 N–H and O–H groups in total. The van der Waals surface area contributed by atoms with E-state index in [0.29, 0.717) is 34.5 Å². The number of nitro groups is 1. The first-order chi connectivity index (χ1) is 15.5. The summed E-state index contributed by atoms with van der Waals surface area (Å²) < 4.78 is 9.12. The van der Waals surface area contributed by atoms with Crippen molar-refractivity contribution in [1.29, 1.82) is 0 Å². The van der Waals surface area contributed by atoms with Gasteiger partial charge in [0.25, 0.3) is 14.0 Å². The number of non-ortho nitro benzene ring substituents is 1. The maximum Gasteiger partial charge on any atom is 0.278 e. The van der Waals surface area contributed by atoms with Gasteiger partial charge >= 0.3 is 0 Å². The average Bonchev–Trinajstić information content (AvgIpc) is 3.14. The molecule has 33 heavy (non-hydrogen) atoms. The van der Waals surface area contributed by atoms with Crippen molar-refractivity contribution in [2.45, 2.75) is 84.5 Å². The monoisotopic (exact) mass is 466 g/mol. The average molecular weight is 467 g/mol.